The summed E-state index contributed by atoms with van der Waals surface area (Å²) < 4.78 is 4.88. The van der Waals surface area contributed by atoms with Crippen molar-refractivity contribution in [2.24, 2.45) is 0 Å². The van der Waals surface area contributed by atoms with E-state index in [9.17, 15) is 0 Å². The van der Waals surface area contributed by atoms with Gasteiger partial charge in [0.05, 0.1) is 44.1 Å². The fourth-order valence-corrected chi connectivity index (χ4v) is 9.98. The van der Waals surface area contributed by atoms with E-state index in [1.54, 1.807) is 0 Å². The molecule has 318 valence electrons. The SMILES string of the molecule is CC(C)(C)c1ccc2c(c1)c1cc(C(C)(C)C)ccc1n2-c1ccc2c(ccc3nc4ccc5cc(-n6c7ccc(C(C)(C)C)cc7c7cc(C(C)(C)C)ccc76)ccc5c4nc32)c1. The van der Waals surface area contributed by atoms with Crippen LogP contribution in [-0.4, -0.2) is 19.1 Å². The molecule has 11 rings (SSSR count). The van der Waals surface area contributed by atoms with Gasteiger partial charge in [-0.25, -0.2) is 9.97 Å². The van der Waals surface area contributed by atoms with Crippen LogP contribution in [0.2, 0.25) is 0 Å². The van der Waals surface area contributed by atoms with Crippen LogP contribution in [0.4, 0.5) is 0 Å². The Balaban J connectivity index is 1.06. The topological polar surface area (TPSA) is 35.6 Å². The van der Waals surface area contributed by atoms with Gasteiger partial charge in [-0.1, -0.05) is 132 Å². The summed E-state index contributed by atoms with van der Waals surface area (Å²) in [5.74, 6) is 0. The van der Waals surface area contributed by atoms with Crippen molar-refractivity contribution in [3.8, 4) is 11.4 Å². The van der Waals surface area contributed by atoms with Crippen LogP contribution < -0.4 is 0 Å². The third-order valence-corrected chi connectivity index (χ3v) is 13.9. The second-order valence-corrected chi connectivity index (χ2v) is 22.5. The minimum Gasteiger partial charge on any atom is -0.309 e. The quantitative estimate of drug-likeness (QED) is 0.128. The second-order valence-electron chi connectivity index (χ2n) is 22.5. The van der Waals surface area contributed by atoms with Crippen LogP contribution in [0, 0.1) is 0 Å². The Morgan fingerprint density at radius 3 is 0.906 bits per heavy atom. The molecule has 0 radical (unpaired) electrons. The maximum absolute atomic E-state index is 5.47. The van der Waals surface area contributed by atoms with Gasteiger partial charge in [0.2, 0.25) is 0 Å². The van der Waals surface area contributed by atoms with Crippen molar-refractivity contribution < 1.29 is 0 Å². The van der Waals surface area contributed by atoms with E-state index in [0.717, 1.165) is 55.0 Å². The smallest absolute Gasteiger partial charge is 0.0973 e. The third kappa shape index (κ3) is 6.31. The molecular formula is C60H58N4. The van der Waals surface area contributed by atoms with E-state index in [1.807, 2.05) is 0 Å². The molecule has 0 aliphatic rings. The fraction of sp³-hybridized carbons (Fsp3) is 0.267. The molecule has 0 amide bonds. The van der Waals surface area contributed by atoms with Crippen molar-refractivity contribution in [1.29, 1.82) is 0 Å². The van der Waals surface area contributed by atoms with Crippen LogP contribution in [0.3, 0.4) is 0 Å². The lowest BCUT2D eigenvalue weighted by molar-refractivity contribution is 0.590. The number of fused-ring (bicyclic) bond motifs is 12. The lowest BCUT2D eigenvalue weighted by Gasteiger charge is -2.19. The van der Waals surface area contributed by atoms with Crippen LogP contribution in [0.15, 0.2) is 133 Å². The molecular weight excluding hydrogens is 777 g/mol. The molecule has 11 aromatic rings. The summed E-state index contributed by atoms with van der Waals surface area (Å²) in [4.78, 5) is 10.7. The molecule has 0 saturated carbocycles. The van der Waals surface area contributed by atoms with Gasteiger partial charge < -0.3 is 9.13 Å². The highest BCUT2D eigenvalue weighted by Gasteiger charge is 2.23. The number of hydrogen-bond donors (Lipinski definition) is 0. The Morgan fingerprint density at radius 2 is 0.609 bits per heavy atom. The number of benzene rings is 8. The highest BCUT2D eigenvalue weighted by atomic mass is 15.0. The van der Waals surface area contributed by atoms with Gasteiger partial charge >= 0.3 is 0 Å². The van der Waals surface area contributed by atoms with Crippen LogP contribution in [-0.2, 0) is 21.7 Å². The van der Waals surface area contributed by atoms with Crippen molar-refractivity contribution in [2.45, 2.75) is 105 Å². The lowest BCUT2D eigenvalue weighted by atomic mass is 9.85. The maximum atomic E-state index is 5.47. The van der Waals surface area contributed by atoms with Crippen LogP contribution in [0.1, 0.15) is 105 Å². The van der Waals surface area contributed by atoms with Gasteiger partial charge in [-0.15, -0.1) is 0 Å². The van der Waals surface area contributed by atoms with E-state index >= 15 is 0 Å². The first kappa shape index (κ1) is 40.3. The van der Waals surface area contributed by atoms with Gasteiger partial charge in [0.25, 0.3) is 0 Å². The molecule has 3 aromatic heterocycles. The minimum absolute atomic E-state index is 0.0486. The normalized spacial score (nSPS) is 13.3. The second kappa shape index (κ2) is 13.5. The van der Waals surface area contributed by atoms with E-state index < -0.39 is 0 Å². The molecule has 0 saturated heterocycles. The first-order valence-corrected chi connectivity index (χ1v) is 23.0. The molecule has 0 aliphatic carbocycles. The maximum Gasteiger partial charge on any atom is 0.0973 e. The highest BCUT2D eigenvalue weighted by molar-refractivity contribution is 6.14. The molecule has 4 heteroatoms. The molecule has 0 aliphatic heterocycles. The monoisotopic (exact) mass is 834 g/mol. The molecule has 64 heavy (non-hydrogen) atoms. The zero-order valence-electron chi connectivity index (χ0n) is 39.5. The summed E-state index contributed by atoms with van der Waals surface area (Å²) in [6.45, 7) is 27.6. The molecule has 3 heterocycles. The highest BCUT2D eigenvalue weighted by Crippen LogP contribution is 2.41. The molecule has 0 atom stereocenters. The molecule has 8 aromatic carbocycles. The molecule has 4 nitrogen and oxygen atoms in total. The Hall–Kier alpha value is -6.52. The molecule has 0 fully saturated rings. The summed E-state index contributed by atoms with van der Waals surface area (Å²) in [6.07, 6.45) is 0. The predicted molar refractivity (Wildman–Crippen MR) is 276 cm³/mol. The van der Waals surface area contributed by atoms with Crippen molar-refractivity contribution in [3.05, 3.63) is 156 Å². The van der Waals surface area contributed by atoms with E-state index in [-0.39, 0.29) is 21.7 Å². The van der Waals surface area contributed by atoms with E-state index in [1.165, 1.54) is 65.9 Å². The van der Waals surface area contributed by atoms with Gasteiger partial charge in [0, 0.05) is 43.7 Å². The average molecular weight is 835 g/mol. The lowest BCUT2D eigenvalue weighted by Crippen LogP contribution is -2.10. The number of rotatable bonds is 2. The van der Waals surface area contributed by atoms with Gasteiger partial charge in [0.15, 0.2) is 0 Å². The first-order valence-electron chi connectivity index (χ1n) is 23.0. The zero-order valence-corrected chi connectivity index (χ0v) is 39.5. The Kier molecular flexibility index (Phi) is 8.49. The van der Waals surface area contributed by atoms with Gasteiger partial charge in [-0.05, 0) is 140 Å². The zero-order chi connectivity index (χ0) is 44.8. The van der Waals surface area contributed by atoms with Gasteiger partial charge in [-0.2, -0.15) is 0 Å². The van der Waals surface area contributed by atoms with Gasteiger partial charge in [-0.3, -0.25) is 0 Å². The largest absolute Gasteiger partial charge is 0.309 e. The summed E-state index contributed by atoms with van der Waals surface area (Å²) in [5.41, 5.74) is 16.4. The predicted octanol–water partition coefficient (Wildman–Crippen LogP) is 16.5. The van der Waals surface area contributed by atoms with Crippen molar-refractivity contribution in [3.63, 3.8) is 0 Å². The summed E-state index contributed by atoms with van der Waals surface area (Å²) >= 11 is 0. The number of aromatic nitrogens is 4. The summed E-state index contributed by atoms with van der Waals surface area (Å²) in [7, 11) is 0. The van der Waals surface area contributed by atoms with Gasteiger partial charge in [0.1, 0.15) is 0 Å². The first-order chi connectivity index (χ1) is 30.2. The van der Waals surface area contributed by atoms with Crippen LogP contribution in [0.5, 0.6) is 0 Å². The molecule has 0 unspecified atom stereocenters. The van der Waals surface area contributed by atoms with E-state index in [2.05, 4.69) is 226 Å². The van der Waals surface area contributed by atoms with Crippen LogP contribution >= 0.6 is 0 Å². The van der Waals surface area contributed by atoms with Crippen molar-refractivity contribution in [2.75, 3.05) is 0 Å². The summed E-state index contributed by atoms with van der Waals surface area (Å²) in [5, 5.41) is 9.66. The average Bonchev–Trinajstić information content (AvgIpc) is 3.75. The Labute approximate surface area is 376 Å². The van der Waals surface area contributed by atoms with Crippen molar-refractivity contribution in [1.82, 2.24) is 19.1 Å². The van der Waals surface area contributed by atoms with Crippen LogP contribution in [0.25, 0.3) is 98.6 Å². The molecule has 0 bridgehead atoms. The minimum atomic E-state index is 0.0486. The van der Waals surface area contributed by atoms with E-state index in [4.69, 9.17) is 9.97 Å². The number of hydrogen-bond acceptors (Lipinski definition) is 2. The Morgan fingerprint density at radius 1 is 0.297 bits per heavy atom. The summed E-state index contributed by atoms with van der Waals surface area (Å²) in [6, 6.07) is 50.5. The van der Waals surface area contributed by atoms with Crippen molar-refractivity contribution >= 4 is 87.2 Å². The number of nitrogens with zero attached hydrogens (tertiary/aromatic N) is 4. The molecule has 0 spiro atoms. The third-order valence-electron chi connectivity index (χ3n) is 13.9. The van der Waals surface area contributed by atoms with E-state index in [0.29, 0.717) is 0 Å². The standard InChI is InChI=1S/C60H58N4/c1-57(2,3)37-15-25-51-45(31-37)46-32-38(58(4,5)6)16-26-52(46)63(51)41-19-21-43-35(29-41)13-23-49-55(43)62-56-44-22-20-42(30-36(44)14-24-50(56)61-49)64-53-27-17-39(59(7,8)9)33-47(53)48-34-40(60(10,11)12)18-28-54(48)64/h13-34H,1-12H3. The molecule has 0 N–H and O–H groups in total. The Bertz CT molecular complexity index is 3370. The fourth-order valence-electron chi connectivity index (χ4n) is 9.98.